The minimum absolute atomic E-state index is 0.0222. The highest BCUT2D eigenvalue weighted by atomic mass is 16.2. The lowest BCUT2D eigenvalue weighted by Gasteiger charge is -2.40. The Balaban J connectivity index is 1.81. The van der Waals surface area contributed by atoms with Gasteiger partial charge >= 0.3 is 0 Å². The van der Waals surface area contributed by atoms with Crippen LogP contribution in [0.15, 0.2) is 0 Å². The van der Waals surface area contributed by atoms with Crippen LogP contribution in [-0.2, 0) is 9.59 Å². The predicted octanol–water partition coefficient (Wildman–Crippen LogP) is 1.55. The Morgan fingerprint density at radius 3 is 2.74 bits per heavy atom. The first-order valence-electron chi connectivity index (χ1n) is 7.58. The van der Waals surface area contributed by atoms with Gasteiger partial charge in [0.05, 0.1) is 0 Å². The zero-order chi connectivity index (χ0) is 13.6. The van der Waals surface area contributed by atoms with Gasteiger partial charge in [-0.15, -0.1) is 0 Å². The summed E-state index contributed by atoms with van der Waals surface area (Å²) < 4.78 is 0. The molecule has 4 heteroatoms. The Kier molecular flexibility index (Phi) is 3.16. The molecule has 0 aromatic heterocycles. The van der Waals surface area contributed by atoms with E-state index in [0.29, 0.717) is 12.3 Å². The summed E-state index contributed by atoms with van der Waals surface area (Å²) in [6.07, 6.45) is 5.05. The average Bonchev–Trinajstić information content (AvgIpc) is 3.07. The molecule has 2 heterocycles. The van der Waals surface area contributed by atoms with E-state index in [9.17, 15) is 9.59 Å². The van der Waals surface area contributed by atoms with E-state index in [1.54, 1.807) is 0 Å². The van der Waals surface area contributed by atoms with E-state index in [1.165, 1.54) is 12.8 Å². The lowest BCUT2D eigenvalue weighted by molar-refractivity contribution is -0.144. The zero-order valence-electron chi connectivity index (χ0n) is 11.9. The van der Waals surface area contributed by atoms with Gasteiger partial charge in [-0.1, -0.05) is 13.8 Å². The second-order valence-electron chi connectivity index (χ2n) is 7.09. The maximum atomic E-state index is 12.2. The summed E-state index contributed by atoms with van der Waals surface area (Å²) in [5.74, 6) is 0.426. The van der Waals surface area contributed by atoms with Gasteiger partial charge in [-0.2, -0.15) is 0 Å². The number of likely N-dealkylation sites (tertiary alicyclic amines) is 1. The Bertz CT molecular complexity index is 403. The van der Waals surface area contributed by atoms with Crippen LogP contribution in [0.25, 0.3) is 0 Å². The standard InChI is InChI=1S/C15H24N2O2/c1-10(2)7-12-14(19)16-13(18)8-15(12)5-6-17(9-15)11-3-4-11/h10-12H,3-9H2,1-2H3,(H,16,18,19). The monoisotopic (exact) mass is 264 g/mol. The van der Waals surface area contributed by atoms with Crippen LogP contribution in [0.1, 0.15) is 46.0 Å². The number of amides is 2. The Labute approximate surface area is 114 Å². The van der Waals surface area contributed by atoms with Crippen LogP contribution < -0.4 is 5.32 Å². The van der Waals surface area contributed by atoms with Gasteiger partial charge in [0.1, 0.15) is 0 Å². The molecular weight excluding hydrogens is 240 g/mol. The van der Waals surface area contributed by atoms with E-state index >= 15 is 0 Å². The summed E-state index contributed by atoms with van der Waals surface area (Å²) in [7, 11) is 0. The molecule has 2 unspecified atom stereocenters. The van der Waals surface area contributed by atoms with Crippen LogP contribution in [0.3, 0.4) is 0 Å². The van der Waals surface area contributed by atoms with Gasteiger partial charge in [-0.3, -0.25) is 19.8 Å². The normalized spacial score (nSPS) is 36.3. The lowest BCUT2D eigenvalue weighted by atomic mass is 9.66. The first-order chi connectivity index (χ1) is 9.00. The summed E-state index contributed by atoms with van der Waals surface area (Å²) in [4.78, 5) is 26.6. The molecule has 0 aromatic carbocycles. The smallest absolute Gasteiger partial charge is 0.230 e. The van der Waals surface area contributed by atoms with E-state index < -0.39 is 0 Å². The first kappa shape index (κ1) is 13.1. The summed E-state index contributed by atoms with van der Waals surface area (Å²) in [5, 5.41) is 2.55. The van der Waals surface area contributed by atoms with Crippen LogP contribution in [0.4, 0.5) is 0 Å². The highest BCUT2D eigenvalue weighted by Crippen LogP contribution is 2.48. The maximum Gasteiger partial charge on any atom is 0.230 e. The molecule has 0 bridgehead atoms. The van der Waals surface area contributed by atoms with Gasteiger partial charge in [-0.25, -0.2) is 0 Å². The Morgan fingerprint density at radius 1 is 1.37 bits per heavy atom. The zero-order valence-corrected chi connectivity index (χ0v) is 11.9. The van der Waals surface area contributed by atoms with Crippen molar-refractivity contribution < 1.29 is 9.59 Å². The van der Waals surface area contributed by atoms with Gasteiger partial charge in [-0.05, 0) is 38.1 Å². The minimum Gasteiger partial charge on any atom is -0.300 e. The maximum absolute atomic E-state index is 12.2. The molecule has 0 aromatic rings. The first-order valence-corrected chi connectivity index (χ1v) is 7.58. The van der Waals surface area contributed by atoms with Gasteiger partial charge < -0.3 is 0 Å². The van der Waals surface area contributed by atoms with E-state index in [4.69, 9.17) is 0 Å². The lowest BCUT2D eigenvalue weighted by Crippen LogP contribution is -2.53. The molecule has 2 aliphatic heterocycles. The van der Waals surface area contributed by atoms with Gasteiger partial charge in [0.25, 0.3) is 0 Å². The van der Waals surface area contributed by atoms with Crippen molar-refractivity contribution in [3.8, 4) is 0 Å². The summed E-state index contributed by atoms with van der Waals surface area (Å²) in [5.41, 5.74) is -0.0771. The number of nitrogens with zero attached hydrogens (tertiary/aromatic N) is 1. The van der Waals surface area contributed by atoms with E-state index in [0.717, 1.165) is 32.0 Å². The molecule has 3 aliphatic rings. The molecule has 0 radical (unpaired) electrons. The fourth-order valence-corrected chi connectivity index (χ4v) is 3.93. The van der Waals surface area contributed by atoms with Crippen LogP contribution in [0.5, 0.6) is 0 Å². The molecule has 3 fully saturated rings. The van der Waals surface area contributed by atoms with Crippen molar-refractivity contribution in [1.82, 2.24) is 10.2 Å². The molecule has 2 amide bonds. The van der Waals surface area contributed by atoms with Crippen molar-refractivity contribution in [3.05, 3.63) is 0 Å². The summed E-state index contributed by atoms with van der Waals surface area (Å²) in [6.45, 7) is 6.34. The Hall–Kier alpha value is -0.900. The van der Waals surface area contributed by atoms with Crippen molar-refractivity contribution >= 4 is 11.8 Å². The van der Waals surface area contributed by atoms with E-state index in [2.05, 4.69) is 24.1 Å². The summed E-state index contributed by atoms with van der Waals surface area (Å²) >= 11 is 0. The second kappa shape index (κ2) is 4.58. The number of carbonyl (C=O) groups is 2. The third-order valence-corrected chi connectivity index (χ3v) is 5.02. The van der Waals surface area contributed by atoms with E-state index in [1.807, 2.05) is 0 Å². The molecule has 2 atom stereocenters. The molecule has 1 spiro atoms. The van der Waals surface area contributed by atoms with E-state index in [-0.39, 0.29) is 23.1 Å². The molecule has 1 saturated carbocycles. The quantitative estimate of drug-likeness (QED) is 0.787. The van der Waals surface area contributed by atoms with Crippen molar-refractivity contribution in [1.29, 1.82) is 0 Å². The molecule has 1 N–H and O–H groups in total. The fraction of sp³-hybridized carbons (Fsp3) is 0.867. The van der Waals surface area contributed by atoms with Gasteiger partial charge in [0, 0.05) is 30.3 Å². The Morgan fingerprint density at radius 2 is 2.11 bits per heavy atom. The molecular formula is C15H24N2O2. The van der Waals surface area contributed by atoms with Crippen molar-refractivity contribution in [2.24, 2.45) is 17.3 Å². The number of imide groups is 1. The third-order valence-electron chi connectivity index (χ3n) is 5.02. The van der Waals surface area contributed by atoms with Gasteiger partial charge in [0.15, 0.2) is 0 Å². The second-order valence-corrected chi connectivity index (χ2v) is 7.09. The number of nitrogens with one attached hydrogen (secondary N) is 1. The molecule has 3 rings (SSSR count). The number of carbonyl (C=O) groups excluding carboxylic acids is 2. The third kappa shape index (κ3) is 2.42. The molecule has 1 aliphatic carbocycles. The van der Waals surface area contributed by atoms with Crippen LogP contribution in [-0.4, -0.2) is 35.8 Å². The SMILES string of the molecule is CC(C)CC1C(=O)NC(=O)CC12CCN(C1CC1)C2. The molecule has 19 heavy (non-hydrogen) atoms. The number of hydrogen-bond acceptors (Lipinski definition) is 3. The largest absolute Gasteiger partial charge is 0.300 e. The molecule has 4 nitrogen and oxygen atoms in total. The van der Waals surface area contributed by atoms with Gasteiger partial charge in [0.2, 0.25) is 11.8 Å². The highest BCUT2D eigenvalue weighted by Gasteiger charge is 2.53. The number of piperidine rings is 1. The van der Waals surface area contributed by atoms with Crippen LogP contribution in [0, 0.1) is 17.3 Å². The topological polar surface area (TPSA) is 49.4 Å². The van der Waals surface area contributed by atoms with Crippen molar-refractivity contribution in [3.63, 3.8) is 0 Å². The summed E-state index contributed by atoms with van der Waals surface area (Å²) in [6, 6.07) is 0.735. The minimum atomic E-state index is -0.0771. The van der Waals surface area contributed by atoms with Crippen molar-refractivity contribution in [2.75, 3.05) is 13.1 Å². The highest BCUT2D eigenvalue weighted by molar-refractivity contribution is 5.99. The van der Waals surface area contributed by atoms with Crippen LogP contribution in [0.2, 0.25) is 0 Å². The predicted molar refractivity (Wildman–Crippen MR) is 72.4 cm³/mol. The number of hydrogen-bond donors (Lipinski definition) is 1. The molecule has 106 valence electrons. The molecule has 2 saturated heterocycles. The number of rotatable bonds is 3. The fourth-order valence-electron chi connectivity index (χ4n) is 3.93. The average molecular weight is 264 g/mol. The van der Waals surface area contributed by atoms with Crippen LogP contribution >= 0.6 is 0 Å². The van der Waals surface area contributed by atoms with Crippen molar-refractivity contribution in [2.45, 2.75) is 52.0 Å².